The molecule has 0 bridgehead atoms. The van der Waals surface area contributed by atoms with E-state index in [9.17, 15) is 0 Å². The second-order valence-electron chi connectivity index (χ2n) is 25.6. The van der Waals surface area contributed by atoms with Crippen LogP contribution in [0.1, 0.15) is 37.2 Å². The Labute approximate surface area is 420 Å². The molecule has 2 nitrogen and oxygen atoms in total. The van der Waals surface area contributed by atoms with Crippen molar-refractivity contribution in [1.29, 1.82) is 0 Å². The first-order valence-electron chi connectivity index (χ1n) is 27.0. The van der Waals surface area contributed by atoms with Crippen LogP contribution in [0.4, 0.5) is 11.4 Å². The van der Waals surface area contributed by atoms with E-state index >= 15 is 0 Å². The minimum absolute atomic E-state index is 0.602. The maximum atomic E-state index is 6.24. The fourth-order valence-corrected chi connectivity index (χ4v) is 16.3. The van der Waals surface area contributed by atoms with Gasteiger partial charge in [0, 0.05) is 146 Å². The third-order valence-electron chi connectivity index (χ3n) is 17.5. The highest BCUT2D eigenvalue weighted by Gasteiger charge is 2.60. The van der Waals surface area contributed by atoms with Crippen LogP contribution in [-0.2, 0) is 0 Å². The molecule has 1 fully saturated rings. The van der Waals surface area contributed by atoms with Crippen LogP contribution in [0.25, 0.3) is 11.1 Å². The second kappa shape index (κ2) is 26.2. The van der Waals surface area contributed by atoms with Crippen LogP contribution in [0.2, 0.25) is 5.82 Å². The molecule has 0 saturated heterocycles. The average molecular weight is 775 g/mol. The van der Waals surface area contributed by atoms with Crippen LogP contribution in [-0.4, -0.2) is 304 Å². The molecule has 0 spiro atoms. The highest BCUT2D eigenvalue weighted by Crippen LogP contribution is 2.43. The Hall–Kier alpha value is 0.832. The van der Waals surface area contributed by atoms with Crippen LogP contribution in [0, 0.1) is 0 Å². The Morgan fingerprint density at radius 2 is 0.603 bits per heavy atom. The zero-order chi connectivity index (χ0) is 47.9. The van der Waals surface area contributed by atoms with E-state index in [1.54, 1.807) is 0 Å². The summed E-state index contributed by atoms with van der Waals surface area (Å²) in [5.74, 6) is 1.32. The van der Waals surface area contributed by atoms with E-state index in [0.717, 1.165) is 22.8 Å². The summed E-state index contributed by atoms with van der Waals surface area (Å²) in [4.78, 5) is 0. The number of nitrogen functional groups attached to an aromatic ring is 2. The topological polar surface area (TPSA) is 52.0 Å². The molecule has 1 aliphatic rings. The smallest absolute Gasteiger partial charge is 0.0552 e. The average Bonchev–Trinajstić information content (AvgIpc) is 3.14. The van der Waals surface area contributed by atoms with E-state index in [1.165, 1.54) is 36.8 Å². The van der Waals surface area contributed by atoms with Gasteiger partial charge in [-0.2, -0.15) is 0 Å². The van der Waals surface area contributed by atoms with Crippen molar-refractivity contribution >= 4 is 316 Å². The van der Waals surface area contributed by atoms with E-state index in [1.807, 2.05) is 6.07 Å². The number of anilines is 2. The first-order valence-corrected chi connectivity index (χ1v) is 27.0. The quantitative estimate of drug-likeness (QED) is 0.0873. The standard InChI is InChI=1S/C18H65B43N2/c19-42(20)55(43(21)22)53(56(44(23)24)45(25)26)41(16-7-5-13(6-8-16)12-1-3-14(4-2-12)15-9-17(62)11-18(63)10-15)54(60(52(39)40)57(46(27)28)47(29)30)61(58(48(31)32)49(33)34)59(50(35)36)51(37)38/h1-4,9-11,13,16H,5-8,19-40,62-63H2. The van der Waals surface area contributed by atoms with E-state index in [4.69, 9.17) is 11.5 Å². The van der Waals surface area contributed by atoms with Gasteiger partial charge in [-0.1, -0.05) is 42.9 Å². The molecule has 0 radical (unpaired) electrons. The molecular formula is C18H65B43N2. The van der Waals surface area contributed by atoms with Gasteiger partial charge in [-0.25, -0.2) is 0 Å². The predicted molar refractivity (Wildman–Crippen MR) is 394 cm³/mol. The van der Waals surface area contributed by atoms with Crippen LogP contribution < -0.4 is 11.5 Å². The third-order valence-corrected chi connectivity index (χ3v) is 17.5. The van der Waals surface area contributed by atoms with Gasteiger partial charge in [-0.05, 0) is 53.6 Å². The van der Waals surface area contributed by atoms with E-state index in [2.05, 4.69) is 207 Å². The third kappa shape index (κ3) is 14.9. The Kier molecular flexibility index (Phi) is 24.1. The zero-order valence-corrected chi connectivity index (χ0v) is 45.8. The molecule has 0 aromatic heterocycles. The summed E-state index contributed by atoms with van der Waals surface area (Å²) in [6.45, 7) is 0.671. The van der Waals surface area contributed by atoms with Gasteiger partial charge in [-0.3, -0.25) is 0 Å². The minimum atomic E-state index is 0.602. The molecule has 2 aromatic rings. The molecule has 0 amide bonds. The van der Waals surface area contributed by atoms with Crippen LogP contribution in [0.5, 0.6) is 0 Å². The molecule has 0 aliphatic heterocycles. The summed E-state index contributed by atoms with van der Waals surface area (Å²) in [6, 6.07) is 15.5. The number of hydrogen-bond acceptors (Lipinski definition) is 2. The van der Waals surface area contributed by atoms with Gasteiger partial charge in [0.2, 0.25) is 0 Å². The Bertz CT molecular complexity index is 1530. The molecule has 3 rings (SSSR count). The lowest BCUT2D eigenvalue weighted by atomic mass is 8.29. The molecule has 0 atom stereocenters. The molecule has 63 heavy (non-hydrogen) atoms. The lowest BCUT2D eigenvalue weighted by Crippen LogP contribution is -2.92. The van der Waals surface area contributed by atoms with Crippen molar-refractivity contribution < 1.29 is 0 Å². The fraction of sp³-hybridized carbons (Fsp3) is 0.333. The fourth-order valence-electron chi connectivity index (χ4n) is 16.3. The lowest BCUT2D eigenvalue weighted by Gasteiger charge is -2.55. The Morgan fingerprint density at radius 1 is 0.317 bits per heavy atom. The summed E-state index contributed by atoms with van der Waals surface area (Å²) in [7, 11) is 57.5. The van der Waals surface area contributed by atoms with E-state index in [-0.39, 0.29) is 0 Å². The highest BCUT2D eigenvalue weighted by molar-refractivity contribution is 8.30. The summed E-state index contributed by atoms with van der Waals surface area (Å²) >= 11 is 0. The van der Waals surface area contributed by atoms with Gasteiger partial charge in [0.25, 0.3) is 0 Å². The molecule has 4 N–H and O–H groups in total. The lowest BCUT2D eigenvalue weighted by molar-refractivity contribution is 0.442. The maximum absolute atomic E-state index is 6.24. The molecule has 45 heteroatoms. The summed E-state index contributed by atoms with van der Waals surface area (Å²) in [5.41, 5.74) is 17.7. The number of nitrogens with two attached hydrogens (primary N) is 2. The molecule has 1 saturated carbocycles. The monoisotopic (exact) mass is 783 g/mol. The summed E-state index contributed by atoms with van der Waals surface area (Å²) in [6.07, 6.45) is 18.3. The van der Waals surface area contributed by atoms with Gasteiger partial charge in [0.05, 0.1) is 170 Å². The van der Waals surface area contributed by atoms with Crippen LogP contribution >= 0.6 is 0 Å². The van der Waals surface area contributed by atoms with Crippen molar-refractivity contribution in [1.82, 2.24) is 0 Å². The molecular weight excluding hydrogens is 709 g/mol. The minimum Gasteiger partial charge on any atom is -0.399 e. The molecule has 1 aliphatic carbocycles. The van der Waals surface area contributed by atoms with Gasteiger partial charge in [0.15, 0.2) is 0 Å². The number of rotatable bonds is 23. The molecule has 276 valence electrons. The van der Waals surface area contributed by atoms with Crippen LogP contribution in [0.15, 0.2) is 42.5 Å². The van der Waals surface area contributed by atoms with Crippen molar-refractivity contribution in [2.75, 3.05) is 11.5 Å². The summed E-state index contributed by atoms with van der Waals surface area (Å²) in [5, 5.41) is 0. The van der Waals surface area contributed by atoms with Gasteiger partial charge < -0.3 is 11.5 Å². The Balaban J connectivity index is 2.51. The van der Waals surface area contributed by atoms with Crippen molar-refractivity contribution in [3.8, 4) is 11.1 Å². The zero-order valence-electron chi connectivity index (χ0n) is 45.8. The van der Waals surface area contributed by atoms with Gasteiger partial charge in [0.1, 0.15) is 0 Å². The Morgan fingerprint density at radius 3 is 0.921 bits per heavy atom. The first-order chi connectivity index (χ1) is 29.2. The predicted octanol–water partition coefficient (Wildman–Crippen LogP) is -23.6. The van der Waals surface area contributed by atoms with E-state index in [0.29, 0.717) is 140 Å². The molecule has 0 unspecified atom stereocenters. The summed E-state index contributed by atoms with van der Waals surface area (Å²) < 4.78 is 0. The van der Waals surface area contributed by atoms with Crippen LogP contribution in [0.3, 0.4) is 0 Å². The van der Waals surface area contributed by atoms with Gasteiger partial charge >= 0.3 is 0 Å². The van der Waals surface area contributed by atoms with Crippen molar-refractivity contribution in [3.63, 3.8) is 0 Å². The first kappa shape index (κ1) is 58.1. The molecule has 2 aromatic carbocycles. The second-order valence-corrected chi connectivity index (χ2v) is 25.6. The van der Waals surface area contributed by atoms with Crippen molar-refractivity contribution in [2.24, 2.45) is 0 Å². The van der Waals surface area contributed by atoms with E-state index < -0.39 is 0 Å². The van der Waals surface area contributed by atoms with Crippen molar-refractivity contribution in [3.05, 3.63) is 48.0 Å². The number of hydrogen-bond donors (Lipinski definition) is 2. The maximum Gasteiger partial charge on any atom is 0.0552 e. The molecule has 0 heterocycles. The normalized spacial score (nSPS) is 14.0. The largest absolute Gasteiger partial charge is 0.399 e. The highest BCUT2D eigenvalue weighted by atomic mass is 14.6. The van der Waals surface area contributed by atoms with Gasteiger partial charge in [-0.15, -0.1) is 0 Å². The van der Waals surface area contributed by atoms with Crippen molar-refractivity contribution in [2.45, 2.75) is 37.4 Å². The SMILES string of the molecule is BB(B)B(B(B)B)B(B(B)B)B(B(B(B(B)B)B(B)B)B(B(B)B)B(B)B)B(B(B(B(B)B)B(B)B)B(B(B)B)B(B)B)C1CCC(c2ccc(-c3cc(N)cc(N)c3)cc2)CC1. The number of benzene rings is 2.